The molecule has 0 spiro atoms. The van der Waals surface area contributed by atoms with Crippen molar-refractivity contribution in [2.45, 2.75) is 90.1 Å². The number of carbonyl (C=O) groups is 1. The molecule has 0 unspecified atom stereocenters. The van der Waals surface area contributed by atoms with Crippen LogP contribution in [0.15, 0.2) is 29.0 Å². The summed E-state index contributed by atoms with van der Waals surface area (Å²) in [5.74, 6) is 0.287. The summed E-state index contributed by atoms with van der Waals surface area (Å²) >= 11 is 0. The van der Waals surface area contributed by atoms with Gasteiger partial charge in [-0.3, -0.25) is 9.69 Å². The van der Waals surface area contributed by atoms with Gasteiger partial charge in [0.15, 0.2) is 5.76 Å². The lowest BCUT2D eigenvalue weighted by atomic mass is 9.94. The van der Waals surface area contributed by atoms with Crippen molar-refractivity contribution in [2.75, 3.05) is 18.0 Å². The maximum absolute atomic E-state index is 13.4. The van der Waals surface area contributed by atoms with E-state index in [1.807, 2.05) is 12.1 Å². The second-order valence-corrected chi connectivity index (χ2v) is 9.20. The van der Waals surface area contributed by atoms with Crippen LogP contribution in [0.5, 0.6) is 5.75 Å². The Labute approximate surface area is 192 Å². The highest BCUT2D eigenvalue weighted by molar-refractivity contribution is 6.11. The summed E-state index contributed by atoms with van der Waals surface area (Å²) in [6.45, 7) is 5.92. The minimum absolute atomic E-state index is 0.126. The molecule has 174 valence electrons. The van der Waals surface area contributed by atoms with E-state index in [1.54, 1.807) is 17.0 Å². The Bertz CT molecular complexity index is 863. The molecule has 1 amide bonds. The van der Waals surface area contributed by atoms with Crippen LogP contribution in [0.1, 0.15) is 83.6 Å². The van der Waals surface area contributed by atoms with Gasteiger partial charge in [0.1, 0.15) is 5.75 Å². The fourth-order valence-electron chi connectivity index (χ4n) is 5.18. The van der Waals surface area contributed by atoms with Crippen LogP contribution in [0.3, 0.4) is 0 Å². The SMILES string of the molecule is CCN(CC)c1ccc(/C=C2/O/C(=N/C3CCCCC3)N(C3CCCCC3)C2=O)c(O)c1. The molecule has 3 fully saturated rings. The second kappa shape index (κ2) is 10.4. The predicted molar refractivity (Wildman–Crippen MR) is 129 cm³/mol. The predicted octanol–water partition coefficient (Wildman–Crippen LogP) is 5.46. The number of amidine groups is 1. The van der Waals surface area contributed by atoms with Crippen LogP contribution >= 0.6 is 0 Å². The first-order valence-corrected chi connectivity index (χ1v) is 12.5. The second-order valence-electron chi connectivity index (χ2n) is 9.20. The average molecular weight is 440 g/mol. The van der Waals surface area contributed by atoms with Gasteiger partial charge in [-0.1, -0.05) is 38.5 Å². The van der Waals surface area contributed by atoms with E-state index in [4.69, 9.17) is 9.73 Å². The van der Waals surface area contributed by atoms with Gasteiger partial charge in [0.05, 0.1) is 6.04 Å². The van der Waals surface area contributed by atoms with Crippen LogP contribution in [0.4, 0.5) is 5.69 Å². The summed E-state index contributed by atoms with van der Waals surface area (Å²) < 4.78 is 6.09. The maximum Gasteiger partial charge on any atom is 0.300 e. The Hall–Kier alpha value is -2.50. The summed E-state index contributed by atoms with van der Waals surface area (Å²) in [6, 6.07) is 6.46. The number of phenolic OH excluding ortho intramolecular Hbond substituents is 1. The number of rotatable bonds is 6. The molecule has 32 heavy (non-hydrogen) atoms. The van der Waals surface area contributed by atoms with E-state index in [9.17, 15) is 9.90 Å². The number of benzene rings is 1. The number of hydrogen-bond donors (Lipinski definition) is 1. The molecule has 3 aliphatic rings. The maximum atomic E-state index is 13.4. The monoisotopic (exact) mass is 439 g/mol. The van der Waals surface area contributed by atoms with Gasteiger partial charge < -0.3 is 14.7 Å². The molecule has 1 aromatic carbocycles. The van der Waals surface area contributed by atoms with E-state index in [2.05, 4.69) is 18.7 Å². The first kappa shape index (κ1) is 22.7. The zero-order chi connectivity index (χ0) is 22.5. The number of amides is 1. The largest absolute Gasteiger partial charge is 0.507 e. The van der Waals surface area contributed by atoms with Crippen molar-refractivity contribution in [3.8, 4) is 5.75 Å². The third-order valence-corrected chi connectivity index (χ3v) is 7.07. The molecule has 6 heteroatoms. The molecular formula is C26H37N3O3. The zero-order valence-corrected chi connectivity index (χ0v) is 19.6. The van der Waals surface area contributed by atoms with Gasteiger partial charge in [-0.2, -0.15) is 0 Å². The molecule has 2 saturated carbocycles. The normalized spacial score (nSPS) is 23.2. The van der Waals surface area contributed by atoms with Crippen LogP contribution in [0.2, 0.25) is 0 Å². The van der Waals surface area contributed by atoms with Gasteiger partial charge in [-0.15, -0.1) is 0 Å². The minimum atomic E-state index is -0.126. The Morgan fingerprint density at radius 1 is 1.06 bits per heavy atom. The van der Waals surface area contributed by atoms with Gasteiger partial charge in [-0.25, -0.2) is 4.99 Å². The highest BCUT2D eigenvalue weighted by atomic mass is 16.5. The number of aliphatic imine (C=N–C) groups is 1. The molecule has 1 heterocycles. The van der Waals surface area contributed by atoms with Crippen molar-refractivity contribution in [1.29, 1.82) is 0 Å². The Morgan fingerprint density at radius 2 is 1.72 bits per heavy atom. The van der Waals surface area contributed by atoms with Gasteiger partial charge in [0.2, 0.25) is 0 Å². The smallest absolute Gasteiger partial charge is 0.300 e. The van der Waals surface area contributed by atoms with Crippen molar-refractivity contribution < 1.29 is 14.6 Å². The van der Waals surface area contributed by atoms with Crippen molar-refractivity contribution in [3.63, 3.8) is 0 Å². The molecule has 4 rings (SSSR count). The lowest BCUT2D eigenvalue weighted by Gasteiger charge is -2.29. The number of aromatic hydroxyl groups is 1. The van der Waals surface area contributed by atoms with E-state index < -0.39 is 0 Å². The van der Waals surface area contributed by atoms with Gasteiger partial charge >= 0.3 is 6.02 Å². The fraction of sp³-hybridized carbons (Fsp3) is 0.615. The molecule has 2 aliphatic carbocycles. The number of ether oxygens (including phenoxy) is 1. The van der Waals surface area contributed by atoms with Crippen LogP contribution in [-0.4, -0.2) is 47.1 Å². The number of carbonyl (C=O) groups excluding carboxylic acids is 1. The zero-order valence-electron chi connectivity index (χ0n) is 19.6. The van der Waals surface area contributed by atoms with Crippen molar-refractivity contribution in [2.24, 2.45) is 4.99 Å². The summed E-state index contributed by atoms with van der Waals surface area (Å²) in [5.41, 5.74) is 1.56. The first-order chi connectivity index (χ1) is 15.6. The Balaban J connectivity index is 1.61. The number of hydrogen-bond acceptors (Lipinski definition) is 5. The summed E-state index contributed by atoms with van der Waals surface area (Å²) in [7, 11) is 0. The highest BCUT2D eigenvalue weighted by Crippen LogP contribution is 2.33. The van der Waals surface area contributed by atoms with Crippen LogP contribution < -0.4 is 4.90 Å². The third kappa shape index (κ3) is 4.94. The molecule has 0 aromatic heterocycles. The minimum Gasteiger partial charge on any atom is -0.507 e. The summed E-state index contributed by atoms with van der Waals surface area (Å²) in [6.07, 6.45) is 12.9. The van der Waals surface area contributed by atoms with E-state index >= 15 is 0 Å². The van der Waals surface area contributed by atoms with Crippen molar-refractivity contribution >= 4 is 23.7 Å². The molecule has 1 aliphatic heterocycles. The summed E-state index contributed by atoms with van der Waals surface area (Å²) in [5, 5.41) is 10.6. The third-order valence-electron chi connectivity index (χ3n) is 7.07. The standard InChI is InChI=1S/C26H37N3O3/c1-3-28(4-2)22-16-15-19(23(30)18-22)17-24-25(31)29(21-13-9-6-10-14-21)26(32-24)27-20-11-7-5-8-12-20/h15-18,20-21,30H,3-14H2,1-2H3/b24-17+,27-26+. The van der Waals surface area contributed by atoms with E-state index in [-0.39, 0.29) is 29.5 Å². The van der Waals surface area contributed by atoms with Crippen molar-refractivity contribution in [3.05, 3.63) is 29.5 Å². The number of nitrogens with zero attached hydrogens (tertiary/aromatic N) is 3. The van der Waals surface area contributed by atoms with Crippen molar-refractivity contribution in [1.82, 2.24) is 4.90 Å². The lowest BCUT2D eigenvalue weighted by molar-refractivity contribution is -0.124. The Morgan fingerprint density at radius 3 is 2.34 bits per heavy atom. The van der Waals surface area contributed by atoms with Crippen LogP contribution in [-0.2, 0) is 9.53 Å². The lowest BCUT2D eigenvalue weighted by Crippen LogP contribution is -2.41. The molecule has 1 aromatic rings. The number of anilines is 1. The molecule has 0 radical (unpaired) electrons. The fourth-order valence-corrected chi connectivity index (χ4v) is 5.18. The molecule has 6 nitrogen and oxygen atoms in total. The van der Waals surface area contributed by atoms with Crippen LogP contribution in [0, 0.1) is 0 Å². The summed E-state index contributed by atoms with van der Waals surface area (Å²) in [4.78, 5) is 22.3. The molecule has 1 N–H and O–H groups in total. The molecule has 0 bridgehead atoms. The van der Waals surface area contributed by atoms with E-state index in [1.165, 1.54) is 25.7 Å². The Kier molecular flexibility index (Phi) is 7.38. The van der Waals surface area contributed by atoms with Gasteiger partial charge in [0, 0.05) is 36.4 Å². The molecular weight excluding hydrogens is 402 g/mol. The average Bonchev–Trinajstić information content (AvgIpc) is 3.12. The van der Waals surface area contributed by atoms with Gasteiger partial charge in [-0.05, 0) is 57.7 Å². The van der Waals surface area contributed by atoms with E-state index in [0.29, 0.717) is 11.6 Å². The number of phenols is 1. The van der Waals surface area contributed by atoms with Crippen LogP contribution in [0.25, 0.3) is 6.08 Å². The van der Waals surface area contributed by atoms with E-state index in [0.717, 1.165) is 57.3 Å². The van der Waals surface area contributed by atoms with Gasteiger partial charge in [0.25, 0.3) is 5.91 Å². The molecule has 1 saturated heterocycles. The first-order valence-electron chi connectivity index (χ1n) is 12.5. The highest BCUT2D eigenvalue weighted by Gasteiger charge is 2.40. The quantitative estimate of drug-likeness (QED) is 0.598. The molecule has 0 atom stereocenters. The topological polar surface area (TPSA) is 65.4 Å².